The van der Waals surface area contributed by atoms with E-state index in [0.717, 1.165) is 5.56 Å². The SMILES string of the molecule is CCS(=O)(=O)c1ccc(C(N)CC(C)N)cc1. The molecular formula is C12H20N2O2S. The lowest BCUT2D eigenvalue weighted by Gasteiger charge is -2.14. The van der Waals surface area contributed by atoms with Gasteiger partial charge >= 0.3 is 0 Å². The molecule has 0 radical (unpaired) electrons. The topological polar surface area (TPSA) is 86.2 Å². The molecule has 1 aromatic carbocycles. The van der Waals surface area contributed by atoms with Gasteiger partial charge in [-0.25, -0.2) is 8.42 Å². The van der Waals surface area contributed by atoms with Crippen molar-refractivity contribution in [3.63, 3.8) is 0 Å². The zero-order valence-corrected chi connectivity index (χ0v) is 11.1. The molecule has 0 amide bonds. The van der Waals surface area contributed by atoms with Gasteiger partial charge in [0.2, 0.25) is 0 Å². The van der Waals surface area contributed by atoms with E-state index in [2.05, 4.69) is 0 Å². The van der Waals surface area contributed by atoms with Crippen LogP contribution in [0.4, 0.5) is 0 Å². The molecule has 0 spiro atoms. The Hall–Kier alpha value is -0.910. The van der Waals surface area contributed by atoms with Gasteiger partial charge in [-0.1, -0.05) is 19.1 Å². The third-order valence-electron chi connectivity index (χ3n) is 2.67. The summed E-state index contributed by atoms with van der Waals surface area (Å²) in [6, 6.07) is 6.62. The molecule has 1 rings (SSSR count). The van der Waals surface area contributed by atoms with E-state index >= 15 is 0 Å². The molecule has 0 saturated heterocycles. The summed E-state index contributed by atoms with van der Waals surface area (Å²) in [7, 11) is -3.13. The van der Waals surface area contributed by atoms with Crippen LogP contribution in [0, 0.1) is 0 Å². The van der Waals surface area contributed by atoms with Crippen molar-refractivity contribution in [2.45, 2.75) is 37.2 Å². The second-order valence-corrected chi connectivity index (χ2v) is 6.57. The molecule has 4 N–H and O–H groups in total. The van der Waals surface area contributed by atoms with E-state index in [1.165, 1.54) is 0 Å². The molecule has 0 heterocycles. The van der Waals surface area contributed by atoms with E-state index in [4.69, 9.17) is 11.5 Å². The minimum Gasteiger partial charge on any atom is -0.328 e. The van der Waals surface area contributed by atoms with Crippen LogP contribution in [-0.2, 0) is 9.84 Å². The van der Waals surface area contributed by atoms with Gasteiger partial charge in [0, 0.05) is 12.1 Å². The number of rotatable bonds is 5. The van der Waals surface area contributed by atoms with E-state index in [1.54, 1.807) is 31.2 Å². The lowest BCUT2D eigenvalue weighted by Crippen LogP contribution is -2.23. The summed E-state index contributed by atoms with van der Waals surface area (Å²) >= 11 is 0. The lowest BCUT2D eigenvalue weighted by molar-refractivity contribution is 0.567. The molecule has 17 heavy (non-hydrogen) atoms. The van der Waals surface area contributed by atoms with Crippen molar-refractivity contribution in [1.29, 1.82) is 0 Å². The Morgan fingerprint density at radius 3 is 2.12 bits per heavy atom. The molecule has 0 saturated carbocycles. The fourth-order valence-electron chi connectivity index (χ4n) is 1.63. The molecule has 2 unspecified atom stereocenters. The number of hydrogen-bond acceptors (Lipinski definition) is 4. The van der Waals surface area contributed by atoms with Crippen LogP contribution >= 0.6 is 0 Å². The minimum absolute atomic E-state index is 0.0315. The third-order valence-corrected chi connectivity index (χ3v) is 4.42. The van der Waals surface area contributed by atoms with Crippen LogP contribution in [0.25, 0.3) is 0 Å². The molecule has 4 nitrogen and oxygen atoms in total. The zero-order valence-electron chi connectivity index (χ0n) is 10.3. The average molecular weight is 256 g/mol. The van der Waals surface area contributed by atoms with Gasteiger partial charge in [0.05, 0.1) is 10.6 Å². The zero-order chi connectivity index (χ0) is 13.1. The number of nitrogens with two attached hydrogens (primary N) is 2. The van der Waals surface area contributed by atoms with Crippen LogP contribution in [0.15, 0.2) is 29.2 Å². The number of hydrogen-bond donors (Lipinski definition) is 2. The second-order valence-electron chi connectivity index (χ2n) is 4.29. The molecule has 2 atom stereocenters. The van der Waals surface area contributed by atoms with Gasteiger partial charge in [0.1, 0.15) is 0 Å². The maximum atomic E-state index is 11.6. The molecular weight excluding hydrogens is 236 g/mol. The van der Waals surface area contributed by atoms with Crippen molar-refractivity contribution in [1.82, 2.24) is 0 Å². The number of sulfone groups is 1. The van der Waals surface area contributed by atoms with Crippen molar-refractivity contribution < 1.29 is 8.42 Å². The summed E-state index contributed by atoms with van der Waals surface area (Å²) in [4.78, 5) is 0.344. The van der Waals surface area contributed by atoms with Crippen molar-refractivity contribution in [2.24, 2.45) is 11.5 Å². The Labute approximate surface area is 103 Å². The molecule has 0 bridgehead atoms. The van der Waals surface area contributed by atoms with Crippen LogP contribution in [0.2, 0.25) is 0 Å². The summed E-state index contributed by atoms with van der Waals surface area (Å²) in [5.41, 5.74) is 12.5. The summed E-state index contributed by atoms with van der Waals surface area (Å²) in [5, 5.41) is 0. The van der Waals surface area contributed by atoms with Gasteiger partial charge in [-0.05, 0) is 31.0 Å². The summed E-state index contributed by atoms with van der Waals surface area (Å²) in [5.74, 6) is 0.109. The molecule has 0 aliphatic rings. The molecule has 0 aromatic heterocycles. The fourth-order valence-corrected chi connectivity index (χ4v) is 2.51. The normalized spacial score (nSPS) is 15.5. The van der Waals surface area contributed by atoms with Crippen LogP contribution in [0.5, 0.6) is 0 Å². The van der Waals surface area contributed by atoms with Gasteiger partial charge in [-0.3, -0.25) is 0 Å². The van der Waals surface area contributed by atoms with Crippen molar-refractivity contribution in [3.8, 4) is 0 Å². The highest BCUT2D eigenvalue weighted by atomic mass is 32.2. The van der Waals surface area contributed by atoms with E-state index < -0.39 is 9.84 Å². The highest BCUT2D eigenvalue weighted by Gasteiger charge is 2.13. The van der Waals surface area contributed by atoms with Crippen LogP contribution in [-0.4, -0.2) is 20.2 Å². The summed E-state index contributed by atoms with van der Waals surface area (Å²) in [6.07, 6.45) is 0.680. The molecule has 96 valence electrons. The molecule has 0 fully saturated rings. The Morgan fingerprint density at radius 2 is 1.71 bits per heavy atom. The Morgan fingerprint density at radius 1 is 1.18 bits per heavy atom. The molecule has 0 aliphatic heterocycles. The van der Waals surface area contributed by atoms with E-state index in [-0.39, 0.29) is 17.8 Å². The van der Waals surface area contributed by atoms with Crippen LogP contribution < -0.4 is 11.5 Å². The predicted octanol–water partition coefficient (Wildman–Crippen LogP) is 1.22. The largest absolute Gasteiger partial charge is 0.328 e. The first-order valence-electron chi connectivity index (χ1n) is 5.70. The maximum Gasteiger partial charge on any atom is 0.178 e. The second kappa shape index (κ2) is 5.62. The van der Waals surface area contributed by atoms with Crippen LogP contribution in [0.3, 0.4) is 0 Å². The van der Waals surface area contributed by atoms with Crippen LogP contribution in [0.1, 0.15) is 31.9 Å². The molecule has 5 heteroatoms. The Bertz CT molecular complexity index is 452. The first-order chi connectivity index (χ1) is 7.86. The molecule has 1 aromatic rings. The lowest BCUT2D eigenvalue weighted by atomic mass is 10.0. The smallest absolute Gasteiger partial charge is 0.178 e. The first kappa shape index (κ1) is 14.2. The van der Waals surface area contributed by atoms with Gasteiger partial charge in [-0.2, -0.15) is 0 Å². The maximum absolute atomic E-state index is 11.6. The van der Waals surface area contributed by atoms with E-state index in [0.29, 0.717) is 11.3 Å². The first-order valence-corrected chi connectivity index (χ1v) is 7.36. The standard InChI is InChI=1S/C12H20N2O2S/c1-3-17(15,16)11-6-4-10(5-7-11)12(14)8-9(2)13/h4-7,9,12H,3,8,13-14H2,1-2H3. The third kappa shape index (κ3) is 3.80. The Kier molecular flexibility index (Phi) is 4.68. The van der Waals surface area contributed by atoms with E-state index in [9.17, 15) is 8.42 Å². The van der Waals surface area contributed by atoms with Gasteiger partial charge in [0.15, 0.2) is 9.84 Å². The number of benzene rings is 1. The van der Waals surface area contributed by atoms with Gasteiger partial charge < -0.3 is 11.5 Å². The summed E-state index contributed by atoms with van der Waals surface area (Å²) in [6.45, 7) is 3.53. The monoisotopic (exact) mass is 256 g/mol. The van der Waals surface area contributed by atoms with Gasteiger partial charge in [0.25, 0.3) is 0 Å². The highest BCUT2D eigenvalue weighted by Crippen LogP contribution is 2.18. The molecule has 0 aliphatic carbocycles. The average Bonchev–Trinajstić information content (AvgIpc) is 2.28. The van der Waals surface area contributed by atoms with E-state index in [1.807, 2.05) is 6.92 Å². The van der Waals surface area contributed by atoms with Crippen molar-refractivity contribution in [3.05, 3.63) is 29.8 Å². The fraction of sp³-hybridized carbons (Fsp3) is 0.500. The minimum atomic E-state index is -3.13. The van der Waals surface area contributed by atoms with Crippen molar-refractivity contribution in [2.75, 3.05) is 5.75 Å². The predicted molar refractivity (Wildman–Crippen MR) is 69.4 cm³/mol. The summed E-state index contributed by atoms with van der Waals surface area (Å²) < 4.78 is 23.2. The highest BCUT2D eigenvalue weighted by molar-refractivity contribution is 7.91. The quantitative estimate of drug-likeness (QED) is 0.829. The van der Waals surface area contributed by atoms with Crippen molar-refractivity contribution >= 4 is 9.84 Å². The van der Waals surface area contributed by atoms with Gasteiger partial charge in [-0.15, -0.1) is 0 Å². The Balaban J connectivity index is 2.89.